The minimum atomic E-state index is -0.432. The molecule has 1 rings (SSSR count). The van der Waals surface area contributed by atoms with Crippen molar-refractivity contribution in [2.24, 2.45) is 11.1 Å². The zero-order valence-electron chi connectivity index (χ0n) is 12.4. The van der Waals surface area contributed by atoms with E-state index in [2.05, 4.69) is 0 Å². The average molecular weight is 270 g/mol. The largest absolute Gasteiger partial charge is 0.467 e. The SMILES string of the molecule is COC(=O)C1CCCCN1C(=O)CC(N)C(C)(C)C. The highest BCUT2D eigenvalue weighted by atomic mass is 16.5. The summed E-state index contributed by atoms with van der Waals surface area (Å²) >= 11 is 0. The highest BCUT2D eigenvalue weighted by Gasteiger charge is 2.34. The molecule has 1 fully saturated rings. The number of ether oxygens (including phenoxy) is 1. The monoisotopic (exact) mass is 270 g/mol. The number of carbonyl (C=O) groups excluding carboxylic acids is 2. The molecule has 2 N–H and O–H groups in total. The van der Waals surface area contributed by atoms with Crippen molar-refractivity contribution < 1.29 is 14.3 Å². The van der Waals surface area contributed by atoms with Gasteiger partial charge in [0.1, 0.15) is 6.04 Å². The normalized spacial score (nSPS) is 21.9. The molecule has 0 aromatic carbocycles. The fourth-order valence-corrected chi connectivity index (χ4v) is 2.22. The van der Waals surface area contributed by atoms with Crippen LogP contribution in [0.1, 0.15) is 46.5 Å². The standard InChI is InChI=1S/C14H26N2O3/c1-14(2,3)11(15)9-12(17)16-8-6-5-7-10(16)13(18)19-4/h10-11H,5-9,15H2,1-4H3. The van der Waals surface area contributed by atoms with Gasteiger partial charge in [-0.05, 0) is 24.7 Å². The summed E-state index contributed by atoms with van der Waals surface area (Å²) in [4.78, 5) is 25.7. The summed E-state index contributed by atoms with van der Waals surface area (Å²) in [5, 5.41) is 0. The molecule has 19 heavy (non-hydrogen) atoms. The molecule has 5 heteroatoms. The molecule has 0 radical (unpaired) electrons. The highest BCUT2D eigenvalue weighted by Crippen LogP contribution is 2.23. The molecule has 1 aliphatic rings. The molecule has 2 atom stereocenters. The molecule has 2 unspecified atom stereocenters. The van der Waals surface area contributed by atoms with Gasteiger partial charge in [-0.15, -0.1) is 0 Å². The van der Waals surface area contributed by atoms with Gasteiger partial charge < -0.3 is 15.4 Å². The van der Waals surface area contributed by atoms with Crippen LogP contribution in [0, 0.1) is 5.41 Å². The molecule has 1 amide bonds. The van der Waals surface area contributed by atoms with Gasteiger partial charge in [-0.1, -0.05) is 20.8 Å². The Balaban J connectivity index is 2.70. The number of piperidine rings is 1. The van der Waals surface area contributed by atoms with Crippen molar-refractivity contribution in [2.45, 2.75) is 58.5 Å². The van der Waals surface area contributed by atoms with Crippen LogP contribution in [0.5, 0.6) is 0 Å². The van der Waals surface area contributed by atoms with E-state index in [1.54, 1.807) is 4.90 Å². The summed E-state index contributed by atoms with van der Waals surface area (Å²) in [6.45, 7) is 6.66. The molecular formula is C14H26N2O3. The van der Waals surface area contributed by atoms with Crippen molar-refractivity contribution in [2.75, 3.05) is 13.7 Å². The number of esters is 1. The Morgan fingerprint density at radius 3 is 2.53 bits per heavy atom. The molecule has 0 spiro atoms. The summed E-state index contributed by atoms with van der Waals surface area (Å²) in [6.07, 6.45) is 2.85. The molecule has 1 aliphatic heterocycles. The van der Waals surface area contributed by atoms with Crippen LogP contribution >= 0.6 is 0 Å². The predicted molar refractivity (Wildman–Crippen MR) is 73.4 cm³/mol. The Bertz CT molecular complexity index is 336. The second-order valence-electron chi connectivity index (χ2n) is 6.30. The van der Waals surface area contributed by atoms with E-state index >= 15 is 0 Å². The first kappa shape index (κ1) is 16.0. The molecule has 0 aliphatic carbocycles. The summed E-state index contributed by atoms with van der Waals surface area (Å²) in [6, 6.07) is -0.640. The molecule has 1 heterocycles. The lowest BCUT2D eigenvalue weighted by atomic mass is 9.85. The van der Waals surface area contributed by atoms with Gasteiger partial charge in [-0.3, -0.25) is 4.79 Å². The van der Waals surface area contributed by atoms with E-state index < -0.39 is 6.04 Å². The van der Waals surface area contributed by atoms with E-state index in [0.717, 1.165) is 12.8 Å². The van der Waals surface area contributed by atoms with Gasteiger partial charge in [0.2, 0.25) is 5.91 Å². The number of likely N-dealkylation sites (tertiary alicyclic amines) is 1. The van der Waals surface area contributed by atoms with Crippen LogP contribution in [0.25, 0.3) is 0 Å². The first-order valence-electron chi connectivity index (χ1n) is 6.90. The molecule has 0 aromatic heterocycles. The van der Waals surface area contributed by atoms with Crippen LogP contribution < -0.4 is 5.73 Å². The fourth-order valence-electron chi connectivity index (χ4n) is 2.22. The van der Waals surface area contributed by atoms with Crippen LogP contribution in [0.3, 0.4) is 0 Å². The van der Waals surface area contributed by atoms with E-state index in [1.807, 2.05) is 20.8 Å². The van der Waals surface area contributed by atoms with Gasteiger partial charge in [0, 0.05) is 19.0 Å². The van der Waals surface area contributed by atoms with E-state index in [-0.39, 0.29) is 29.8 Å². The number of amides is 1. The number of carbonyl (C=O) groups is 2. The van der Waals surface area contributed by atoms with Crippen LogP contribution in [0.15, 0.2) is 0 Å². The Kier molecular flexibility index (Phi) is 5.35. The molecule has 0 aromatic rings. The maximum Gasteiger partial charge on any atom is 0.328 e. The van der Waals surface area contributed by atoms with E-state index in [1.165, 1.54) is 7.11 Å². The Morgan fingerprint density at radius 2 is 2.00 bits per heavy atom. The van der Waals surface area contributed by atoms with Crippen molar-refractivity contribution >= 4 is 11.9 Å². The maximum atomic E-state index is 12.3. The third-order valence-electron chi connectivity index (χ3n) is 3.80. The molecular weight excluding hydrogens is 244 g/mol. The van der Waals surface area contributed by atoms with Gasteiger partial charge in [0.25, 0.3) is 0 Å². The minimum absolute atomic E-state index is 0.0440. The topological polar surface area (TPSA) is 72.6 Å². The number of methoxy groups -OCH3 is 1. The Hall–Kier alpha value is -1.10. The third-order valence-corrected chi connectivity index (χ3v) is 3.80. The summed E-state index contributed by atoms with van der Waals surface area (Å²) < 4.78 is 4.78. The fraction of sp³-hybridized carbons (Fsp3) is 0.857. The molecule has 0 saturated carbocycles. The molecule has 0 bridgehead atoms. The third kappa shape index (κ3) is 4.20. The summed E-state index contributed by atoms with van der Waals surface area (Å²) in [7, 11) is 1.36. The lowest BCUT2D eigenvalue weighted by molar-refractivity contribution is -0.155. The van der Waals surface area contributed by atoms with Gasteiger partial charge >= 0.3 is 5.97 Å². The van der Waals surface area contributed by atoms with E-state index in [0.29, 0.717) is 13.0 Å². The number of nitrogens with two attached hydrogens (primary N) is 1. The zero-order chi connectivity index (χ0) is 14.6. The lowest BCUT2D eigenvalue weighted by Crippen LogP contribution is -2.50. The number of hydrogen-bond acceptors (Lipinski definition) is 4. The van der Waals surface area contributed by atoms with Crippen molar-refractivity contribution in [3.8, 4) is 0 Å². The van der Waals surface area contributed by atoms with Crippen molar-refractivity contribution in [3.63, 3.8) is 0 Å². The van der Waals surface area contributed by atoms with Gasteiger partial charge in [0.15, 0.2) is 0 Å². The second kappa shape index (κ2) is 6.37. The van der Waals surface area contributed by atoms with E-state index in [9.17, 15) is 9.59 Å². The predicted octanol–water partition coefficient (Wildman–Crippen LogP) is 1.30. The van der Waals surface area contributed by atoms with Crippen molar-refractivity contribution in [1.82, 2.24) is 4.90 Å². The first-order chi connectivity index (χ1) is 8.77. The van der Waals surface area contributed by atoms with Crippen molar-refractivity contribution in [1.29, 1.82) is 0 Å². The zero-order valence-corrected chi connectivity index (χ0v) is 12.4. The highest BCUT2D eigenvalue weighted by molar-refractivity contribution is 5.85. The van der Waals surface area contributed by atoms with Crippen LogP contribution in [-0.4, -0.2) is 42.5 Å². The maximum absolute atomic E-state index is 12.3. The quantitative estimate of drug-likeness (QED) is 0.785. The molecule has 5 nitrogen and oxygen atoms in total. The Labute approximate surface area is 115 Å². The number of hydrogen-bond donors (Lipinski definition) is 1. The van der Waals surface area contributed by atoms with Gasteiger partial charge in [0.05, 0.1) is 7.11 Å². The molecule has 110 valence electrons. The number of nitrogens with zero attached hydrogens (tertiary/aromatic N) is 1. The van der Waals surface area contributed by atoms with E-state index in [4.69, 9.17) is 10.5 Å². The van der Waals surface area contributed by atoms with Gasteiger partial charge in [-0.25, -0.2) is 4.79 Å². The average Bonchev–Trinajstić information content (AvgIpc) is 2.36. The summed E-state index contributed by atoms with van der Waals surface area (Å²) in [5.41, 5.74) is 5.93. The smallest absolute Gasteiger partial charge is 0.328 e. The second-order valence-corrected chi connectivity index (χ2v) is 6.30. The number of rotatable bonds is 3. The minimum Gasteiger partial charge on any atom is -0.467 e. The van der Waals surface area contributed by atoms with Crippen LogP contribution in [0.2, 0.25) is 0 Å². The van der Waals surface area contributed by atoms with Crippen LogP contribution in [-0.2, 0) is 14.3 Å². The van der Waals surface area contributed by atoms with Crippen molar-refractivity contribution in [3.05, 3.63) is 0 Å². The van der Waals surface area contributed by atoms with Crippen LogP contribution in [0.4, 0.5) is 0 Å². The van der Waals surface area contributed by atoms with Gasteiger partial charge in [-0.2, -0.15) is 0 Å². The first-order valence-corrected chi connectivity index (χ1v) is 6.90. The lowest BCUT2D eigenvalue weighted by Gasteiger charge is -2.36. The summed E-state index contributed by atoms with van der Waals surface area (Å²) in [5.74, 6) is -0.366. The Morgan fingerprint density at radius 1 is 1.37 bits per heavy atom. The molecule has 1 saturated heterocycles.